The Kier molecular flexibility index (Phi) is 2.75. The monoisotopic (exact) mass is 272 g/mol. The Labute approximate surface area is 115 Å². The standard InChI is InChI=1S/C15H13FN2S/c1-9-3-6-13(10(2)7-9)18-14-8-11(16)4-5-12(14)17-15(18)19/h3-8H,1-2H3,(H,17,19). The Morgan fingerprint density at radius 2 is 1.89 bits per heavy atom. The Hall–Kier alpha value is -1.94. The quantitative estimate of drug-likeness (QED) is 0.649. The summed E-state index contributed by atoms with van der Waals surface area (Å²) in [5.41, 5.74) is 4.89. The summed E-state index contributed by atoms with van der Waals surface area (Å²) in [6.45, 7) is 4.08. The molecule has 3 aromatic rings. The maximum absolute atomic E-state index is 13.4. The molecule has 1 aromatic heterocycles. The van der Waals surface area contributed by atoms with Crippen LogP contribution in [0.15, 0.2) is 36.4 Å². The number of rotatable bonds is 1. The van der Waals surface area contributed by atoms with Crippen LogP contribution >= 0.6 is 12.2 Å². The molecule has 0 atom stereocenters. The van der Waals surface area contributed by atoms with Crippen molar-refractivity contribution in [2.24, 2.45) is 0 Å². The Bertz CT molecular complexity index is 830. The van der Waals surface area contributed by atoms with E-state index in [1.54, 1.807) is 6.07 Å². The average molecular weight is 272 g/mol. The number of hydrogen-bond donors (Lipinski definition) is 1. The number of fused-ring (bicyclic) bond motifs is 1. The number of aryl methyl sites for hydroxylation is 2. The number of H-pyrrole nitrogens is 1. The number of nitrogens with zero attached hydrogens (tertiary/aromatic N) is 1. The molecule has 0 aliphatic rings. The van der Waals surface area contributed by atoms with Crippen LogP contribution < -0.4 is 0 Å². The van der Waals surface area contributed by atoms with Crippen molar-refractivity contribution in [3.8, 4) is 5.69 Å². The molecule has 0 radical (unpaired) electrons. The molecular weight excluding hydrogens is 259 g/mol. The molecule has 2 aromatic carbocycles. The van der Waals surface area contributed by atoms with Crippen molar-refractivity contribution in [1.82, 2.24) is 9.55 Å². The van der Waals surface area contributed by atoms with Crippen LogP contribution in [0, 0.1) is 24.4 Å². The normalized spacial score (nSPS) is 11.1. The molecule has 0 spiro atoms. The zero-order valence-electron chi connectivity index (χ0n) is 10.7. The van der Waals surface area contributed by atoms with Crippen LogP contribution in [0.25, 0.3) is 16.7 Å². The van der Waals surface area contributed by atoms with Gasteiger partial charge in [-0.3, -0.25) is 4.57 Å². The molecular formula is C15H13FN2S. The maximum atomic E-state index is 13.4. The molecule has 0 saturated carbocycles. The summed E-state index contributed by atoms with van der Waals surface area (Å²) < 4.78 is 15.9. The van der Waals surface area contributed by atoms with Gasteiger partial charge in [-0.25, -0.2) is 4.39 Å². The highest BCUT2D eigenvalue weighted by Gasteiger charge is 2.09. The first-order chi connectivity index (χ1) is 9.06. The summed E-state index contributed by atoms with van der Waals surface area (Å²) >= 11 is 5.36. The van der Waals surface area contributed by atoms with E-state index in [0.29, 0.717) is 4.77 Å². The second-order valence-electron chi connectivity index (χ2n) is 4.72. The first-order valence-electron chi connectivity index (χ1n) is 6.04. The van der Waals surface area contributed by atoms with Gasteiger partial charge in [-0.05, 0) is 49.8 Å². The van der Waals surface area contributed by atoms with Crippen molar-refractivity contribution < 1.29 is 4.39 Å². The van der Waals surface area contributed by atoms with Crippen molar-refractivity contribution in [2.75, 3.05) is 0 Å². The second kappa shape index (κ2) is 4.31. The lowest BCUT2D eigenvalue weighted by Crippen LogP contribution is -1.97. The minimum atomic E-state index is -0.264. The second-order valence-corrected chi connectivity index (χ2v) is 5.10. The van der Waals surface area contributed by atoms with Crippen LogP contribution in [0.4, 0.5) is 4.39 Å². The third-order valence-corrected chi connectivity index (χ3v) is 3.52. The summed E-state index contributed by atoms with van der Waals surface area (Å²) in [7, 11) is 0. The molecule has 0 unspecified atom stereocenters. The number of aromatic amines is 1. The van der Waals surface area contributed by atoms with E-state index in [9.17, 15) is 4.39 Å². The smallest absolute Gasteiger partial charge is 0.182 e. The van der Waals surface area contributed by atoms with Gasteiger partial charge in [0, 0.05) is 6.07 Å². The SMILES string of the molecule is Cc1ccc(-n2c(=S)[nH]c3ccc(F)cc32)c(C)c1. The molecule has 0 fully saturated rings. The van der Waals surface area contributed by atoms with Gasteiger partial charge in [-0.2, -0.15) is 0 Å². The summed E-state index contributed by atoms with van der Waals surface area (Å²) in [5, 5.41) is 0. The van der Waals surface area contributed by atoms with Crippen molar-refractivity contribution in [3.05, 3.63) is 58.1 Å². The fourth-order valence-corrected chi connectivity index (χ4v) is 2.68. The van der Waals surface area contributed by atoms with Crippen LogP contribution in [0.3, 0.4) is 0 Å². The number of imidazole rings is 1. The Balaban J connectivity index is 2.38. The van der Waals surface area contributed by atoms with Crippen LogP contribution in [0.5, 0.6) is 0 Å². The summed E-state index contributed by atoms with van der Waals surface area (Å²) in [6.07, 6.45) is 0. The third kappa shape index (κ3) is 1.98. The first-order valence-corrected chi connectivity index (χ1v) is 6.45. The number of benzene rings is 2. The van der Waals surface area contributed by atoms with E-state index in [4.69, 9.17) is 12.2 Å². The van der Waals surface area contributed by atoms with Crippen LogP contribution in [0.2, 0.25) is 0 Å². The van der Waals surface area contributed by atoms with E-state index in [1.165, 1.54) is 17.7 Å². The van der Waals surface area contributed by atoms with Gasteiger partial charge in [0.2, 0.25) is 0 Å². The molecule has 0 saturated heterocycles. The molecule has 1 N–H and O–H groups in total. The van der Waals surface area contributed by atoms with Crippen LogP contribution in [-0.4, -0.2) is 9.55 Å². The van der Waals surface area contributed by atoms with Crippen molar-refractivity contribution in [2.45, 2.75) is 13.8 Å². The molecule has 96 valence electrons. The van der Waals surface area contributed by atoms with Crippen molar-refractivity contribution >= 4 is 23.3 Å². The predicted octanol–water partition coefficient (Wildman–Crippen LogP) is 4.44. The number of hydrogen-bond acceptors (Lipinski definition) is 1. The van der Waals surface area contributed by atoms with Gasteiger partial charge in [-0.15, -0.1) is 0 Å². The van der Waals surface area contributed by atoms with Crippen LogP contribution in [-0.2, 0) is 0 Å². The molecule has 1 heterocycles. The highest BCUT2D eigenvalue weighted by atomic mass is 32.1. The van der Waals surface area contributed by atoms with Gasteiger partial charge >= 0.3 is 0 Å². The van der Waals surface area contributed by atoms with E-state index in [1.807, 2.05) is 30.5 Å². The summed E-state index contributed by atoms with van der Waals surface area (Å²) in [6, 6.07) is 10.8. The molecule has 0 bridgehead atoms. The minimum Gasteiger partial charge on any atom is -0.330 e. The minimum absolute atomic E-state index is 0.264. The first kappa shape index (κ1) is 12.1. The van der Waals surface area contributed by atoms with Gasteiger partial charge in [0.15, 0.2) is 4.77 Å². The molecule has 0 aliphatic heterocycles. The number of aromatic nitrogens is 2. The number of halogens is 1. The van der Waals surface area contributed by atoms with E-state index < -0.39 is 0 Å². The number of nitrogens with one attached hydrogen (secondary N) is 1. The molecule has 3 rings (SSSR count). The average Bonchev–Trinajstić information content (AvgIpc) is 2.65. The molecule has 19 heavy (non-hydrogen) atoms. The van der Waals surface area contributed by atoms with E-state index >= 15 is 0 Å². The van der Waals surface area contributed by atoms with Gasteiger partial charge in [0.1, 0.15) is 5.82 Å². The third-order valence-electron chi connectivity index (χ3n) is 3.24. The Morgan fingerprint density at radius 3 is 2.63 bits per heavy atom. The van der Waals surface area contributed by atoms with E-state index in [-0.39, 0.29) is 5.82 Å². The Morgan fingerprint density at radius 1 is 1.11 bits per heavy atom. The largest absolute Gasteiger partial charge is 0.330 e. The summed E-state index contributed by atoms with van der Waals surface area (Å²) in [4.78, 5) is 3.11. The lowest BCUT2D eigenvalue weighted by Gasteiger charge is -2.09. The van der Waals surface area contributed by atoms with Gasteiger partial charge in [-0.1, -0.05) is 17.7 Å². The van der Waals surface area contributed by atoms with Gasteiger partial charge < -0.3 is 4.98 Å². The molecule has 4 heteroatoms. The molecule has 0 amide bonds. The zero-order chi connectivity index (χ0) is 13.6. The maximum Gasteiger partial charge on any atom is 0.182 e. The fourth-order valence-electron chi connectivity index (χ4n) is 2.37. The van der Waals surface area contributed by atoms with Gasteiger partial charge in [0.05, 0.1) is 16.7 Å². The highest BCUT2D eigenvalue weighted by molar-refractivity contribution is 7.71. The van der Waals surface area contributed by atoms with E-state index in [0.717, 1.165) is 22.3 Å². The van der Waals surface area contributed by atoms with Crippen molar-refractivity contribution in [3.63, 3.8) is 0 Å². The topological polar surface area (TPSA) is 20.7 Å². The lowest BCUT2D eigenvalue weighted by molar-refractivity contribution is 0.629. The highest BCUT2D eigenvalue weighted by Crippen LogP contribution is 2.23. The van der Waals surface area contributed by atoms with Crippen LogP contribution in [0.1, 0.15) is 11.1 Å². The van der Waals surface area contributed by atoms with Crippen molar-refractivity contribution in [1.29, 1.82) is 0 Å². The zero-order valence-corrected chi connectivity index (χ0v) is 11.5. The predicted molar refractivity (Wildman–Crippen MR) is 77.9 cm³/mol. The lowest BCUT2D eigenvalue weighted by atomic mass is 10.1. The molecule has 0 aliphatic carbocycles. The van der Waals surface area contributed by atoms with Gasteiger partial charge in [0.25, 0.3) is 0 Å². The molecule has 2 nitrogen and oxygen atoms in total. The van der Waals surface area contributed by atoms with E-state index in [2.05, 4.69) is 11.1 Å². The summed E-state index contributed by atoms with van der Waals surface area (Å²) in [5.74, 6) is -0.264. The fraction of sp³-hybridized carbons (Fsp3) is 0.133.